The highest BCUT2D eigenvalue weighted by molar-refractivity contribution is 6.20. The minimum atomic E-state index is -0.469. The number of carbonyl (C=O) groups excluding carboxylic acids is 2. The standard InChI is InChI=1S/C22H20N4O2/c1-3-12-24-22(28)18(13-23)19-16-6-4-5-7-17(16)20(25-19)26-21(27)15-10-8-14(2)9-11-15/h4-11H,3,12H2,1-2H3,(H,24,28)(H,25,26,27)/b19-18-. The average molecular weight is 372 g/mol. The number of nitriles is 1. The number of amidine groups is 1. The predicted molar refractivity (Wildman–Crippen MR) is 107 cm³/mol. The van der Waals surface area contributed by atoms with Gasteiger partial charge >= 0.3 is 0 Å². The van der Waals surface area contributed by atoms with Crippen molar-refractivity contribution in [1.82, 2.24) is 10.6 Å². The maximum absolute atomic E-state index is 12.6. The molecule has 0 bridgehead atoms. The van der Waals surface area contributed by atoms with Gasteiger partial charge in [0.05, 0.1) is 5.70 Å². The van der Waals surface area contributed by atoms with Crippen LogP contribution in [0.15, 0.2) is 59.1 Å². The molecular formula is C22H20N4O2. The van der Waals surface area contributed by atoms with Gasteiger partial charge in [-0.3, -0.25) is 9.59 Å². The fourth-order valence-corrected chi connectivity index (χ4v) is 2.84. The van der Waals surface area contributed by atoms with Crippen molar-refractivity contribution in [3.05, 3.63) is 76.4 Å². The van der Waals surface area contributed by atoms with E-state index in [0.29, 0.717) is 29.1 Å². The van der Waals surface area contributed by atoms with Crippen molar-refractivity contribution in [3.63, 3.8) is 0 Å². The van der Waals surface area contributed by atoms with Crippen molar-refractivity contribution >= 4 is 23.3 Å². The quantitative estimate of drug-likeness (QED) is 0.638. The van der Waals surface area contributed by atoms with Crippen LogP contribution in [0.2, 0.25) is 0 Å². The Bertz CT molecular complexity index is 1030. The lowest BCUT2D eigenvalue weighted by atomic mass is 10.0. The van der Waals surface area contributed by atoms with Gasteiger partial charge in [0.15, 0.2) is 0 Å². The molecule has 1 aliphatic heterocycles. The number of aryl methyl sites for hydroxylation is 1. The van der Waals surface area contributed by atoms with E-state index in [0.717, 1.165) is 12.0 Å². The summed E-state index contributed by atoms with van der Waals surface area (Å²) >= 11 is 0. The summed E-state index contributed by atoms with van der Waals surface area (Å²) in [4.78, 5) is 29.4. The summed E-state index contributed by atoms with van der Waals surface area (Å²) in [7, 11) is 0. The van der Waals surface area contributed by atoms with E-state index in [1.165, 1.54) is 0 Å². The number of benzene rings is 2. The highest BCUT2D eigenvalue weighted by atomic mass is 16.2. The number of aliphatic imine (C=N–C) groups is 1. The molecule has 3 rings (SSSR count). The molecule has 2 aromatic rings. The summed E-state index contributed by atoms with van der Waals surface area (Å²) in [5.41, 5.74) is 3.08. The number of hydrogen-bond donors (Lipinski definition) is 2. The number of rotatable bonds is 4. The summed E-state index contributed by atoms with van der Waals surface area (Å²) < 4.78 is 0. The lowest BCUT2D eigenvalue weighted by Crippen LogP contribution is -2.30. The summed E-state index contributed by atoms with van der Waals surface area (Å²) in [6.07, 6.45) is 0.761. The Kier molecular flexibility index (Phi) is 5.66. The monoisotopic (exact) mass is 372 g/mol. The van der Waals surface area contributed by atoms with Gasteiger partial charge in [-0.15, -0.1) is 0 Å². The second kappa shape index (κ2) is 8.31. The van der Waals surface area contributed by atoms with Gasteiger partial charge in [0.2, 0.25) is 0 Å². The maximum atomic E-state index is 12.6. The van der Waals surface area contributed by atoms with E-state index in [1.54, 1.807) is 30.3 Å². The Hall–Kier alpha value is -3.72. The van der Waals surface area contributed by atoms with E-state index in [9.17, 15) is 14.9 Å². The van der Waals surface area contributed by atoms with E-state index in [2.05, 4.69) is 15.6 Å². The topological polar surface area (TPSA) is 94.3 Å². The molecule has 1 aliphatic rings. The molecule has 0 unspecified atom stereocenters. The predicted octanol–water partition coefficient (Wildman–Crippen LogP) is 2.95. The van der Waals surface area contributed by atoms with Crippen LogP contribution in [0.4, 0.5) is 0 Å². The molecule has 0 spiro atoms. The number of hydrogen-bond acceptors (Lipinski definition) is 4. The highest BCUT2D eigenvalue weighted by Crippen LogP contribution is 2.30. The van der Waals surface area contributed by atoms with Gasteiger partial charge in [0.1, 0.15) is 17.5 Å². The van der Waals surface area contributed by atoms with Crippen LogP contribution in [-0.2, 0) is 4.79 Å². The summed E-state index contributed by atoms with van der Waals surface area (Å²) in [6.45, 7) is 4.35. The second-order valence-corrected chi connectivity index (χ2v) is 6.42. The normalized spacial score (nSPS) is 13.8. The van der Waals surface area contributed by atoms with E-state index in [4.69, 9.17) is 0 Å². The molecule has 0 aliphatic carbocycles. The van der Waals surface area contributed by atoms with Crippen molar-refractivity contribution < 1.29 is 9.59 Å². The van der Waals surface area contributed by atoms with Gasteiger partial charge < -0.3 is 10.6 Å². The third kappa shape index (κ3) is 3.84. The van der Waals surface area contributed by atoms with E-state index in [1.807, 2.05) is 38.1 Å². The Labute approximate surface area is 163 Å². The van der Waals surface area contributed by atoms with Gasteiger partial charge in [0, 0.05) is 23.2 Å². The smallest absolute Gasteiger partial charge is 0.264 e. The third-order valence-electron chi connectivity index (χ3n) is 4.32. The van der Waals surface area contributed by atoms with Crippen LogP contribution in [0.5, 0.6) is 0 Å². The molecule has 2 N–H and O–H groups in total. The van der Waals surface area contributed by atoms with Crippen molar-refractivity contribution in [2.45, 2.75) is 20.3 Å². The first-order chi connectivity index (χ1) is 13.5. The Balaban J connectivity index is 1.97. The number of amides is 2. The SMILES string of the molecule is CCCNC(=O)/C(C#N)=C1\N=C(NC(=O)c2ccc(C)cc2)c2ccccc21. The number of carbonyl (C=O) groups is 2. The Morgan fingerprint density at radius 3 is 2.39 bits per heavy atom. The van der Waals surface area contributed by atoms with Crippen LogP contribution in [0, 0.1) is 18.3 Å². The first-order valence-electron chi connectivity index (χ1n) is 9.04. The van der Waals surface area contributed by atoms with Gasteiger partial charge in [-0.05, 0) is 25.5 Å². The minimum Gasteiger partial charge on any atom is -0.351 e. The fraction of sp³-hybridized carbons (Fsp3) is 0.182. The largest absolute Gasteiger partial charge is 0.351 e. The molecule has 0 aromatic heterocycles. The molecule has 28 heavy (non-hydrogen) atoms. The lowest BCUT2D eigenvalue weighted by Gasteiger charge is -2.06. The van der Waals surface area contributed by atoms with Gasteiger partial charge in [0.25, 0.3) is 11.8 Å². The first kappa shape index (κ1) is 19.1. The fourth-order valence-electron chi connectivity index (χ4n) is 2.84. The van der Waals surface area contributed by atoms with E-state index < -0.39 is 5.91 Å². The van der Waals surface area contributed by atoms with Crippen molar-refractivity contribution in [3.8, 4) is 6.07 Å². The zero-order valence-corrected chi connectivity index (χ0v) is 15.7. The van der Waals surface area contributed by atoms with Gasteiger partial charge in [-0.1, -0.05) is 48.9 Å². The highest BCUT2D eigenvalue weighted by Gasteiger charge is 2.27. The zero-order valence-electron chi connectivity index (χ0n) is 15.7. The molecule has 0 atom stereocenters. The van der Waals surface area contributed by atoms with E-state index >= 15 is 0 Å². The van der Waals surface area contributed by atoms with E-state index in [-0.39, 0.29) is 17.2 Å². The van der Waals surface area contributed by atoms with Crippen LogP contribution < -0.4 is 10.6 Å². The molecular weight excluding hydrogens is 352 g/mol. The molecule has 6 nitrogen and oxygen atoms in total. The van der Waals surface area contributed by atoms with Crippen molar-refractivity contribution in [2.24, 2.45) is 4.99 Å². The molecule has 0 radical (unpaired) electrons. The lowest BCUT2D eigenvalue weighted by molar-refractivity contribution is -0.117. The van der Waals surface area contributed by atoms with Crippen molar-refractivity contribution in [2.75, 3.05) is 6.54 Å². The third-order valence-corrected chi connectivity index (χ3v) is 4.32. The number of nitrogens with zero attached hydrogens (tertiary/aromatic N) is 2. The molecule has 0 fully saturated rings. The molecule has 2 aromatic carbocycles. The molecule has 140 valence electrons. The molecule has 0 saturated heterocycles. The van der Waals surface area contributed by atoms with Crippen LogP contribution in [0.1, 0.15) is 40.4 Å². The Morgan fingerprint density at radius 2 is 1.75 bits per heavy atom. The van der Waals surface area contributed by atoms with Crippen LogP contribution in [-0.4, -0.2) is 24.2 Å². The second-order valence-electron chi connectivity index (χ2n) is 6.42. The van der Waals surface area contributed by atoms with Crippen molar-refractivity contribution in [1.29, 1.82) is 5.26 Å². The van der Waals surface area contributed by atoms with Gasteiger partial charge in [-0.2, -0.15) is 5.26 Å². The van der Waals surface area contributed by atoms with Gasteiger partial charge in [-0.25, -0.2) is 4.99 Å². The summed E-state index contributed by atoms with van der Waals surface area (Å²) in [5.74, 6) is -0.444. The van der Waals surface area contributed by atoms with Crippen LogP contribution >= 0.6 is 0 Å². The molecule has 0 saturated carbocycles. The molecule has 2 amide bonds. The zero-order chi connectivity index (χ0) is 20.1. The average Bonchev–Trinajstić information content (AvgIpc) is 3.06. The summed E-state index contributed by atoms with van der Waals surface area (Å²) in [6, 6.07) is 16.3. The summed E-state index contributed by atoms with van der Waals surface area (Å²) in [5, 5.41) is 15.0. The van der Waals surface area contributed by atoms with Crippen LogP contribution in [0.3, 0.4) is 0 Å². The maximum Gasteiger partial charge on any atom is 0.264 e. The Morgan fingerprint density at radius 1 is 1.07 bits per heavy atom. The molecule has 1 heterocycles. The number of fused-ring (bicyclic) bond motifs is 1. The minimum absolute atomic E-state index is 0.0690. The molecule has 6 heteroatoms. The first-order valence-corrected chi connectivity index (χ1v) is 9.04. The number of nitrogens with one attached hydrogen (secondary N) is 2. The van der Waals surface area contributed by atoms with Crippen LogP contribution in [0.25, 0.3) is 5.70 Å².